The molecule has 0 N–H and O–H groups in total. The lowest BCUT2D eigenvalue weighted by Crippen LogP contribution is -2.50. The number of benzene rings is 1. The van der Waals surface area contributed by atoms with Gasteiger partial charge >= 0.3 is 0 Å². The van der Waals surface area contributed by atoms with Gasteiger partial charge in [-0.1, -0.05) is 6.07 Å². The van der Waals surface area contributed by atoms with Crippen molar-refractivity contribution in [1.82, 2.24) is 9.88 Å². The number of aromatic nitrogens is 1. The van der Waals surface area contributed by atoms with Gasteiger partial charge in [0.1, 0.15) is 11.9 Å². The zero-order chi connectivity index (χ0) is 20.4. The van der Waals surface area contributed by atoms with E-state index in [4.69, 9.17) is 9.47 Å². The molecule has 150 valence electrons. The first-order valence-electron chi connectivity index (χ1n) is 9.80. The maximum Gasteiger partial charge on any atom is 0.258 e. The van der Waals surface area contributed by atoms with Gasteiger partial charge in [-0.25, -0.2) is 4.98 Å². The lowest BCUT2D eigenvalue weighted by Gasteiger charge is -2.39. The van der Waals surface area contributed by atoms with Crippen molar-refractivity contribution in [2.75, 3.05) is 38.8 Å². The summed E-state index contributed by atoms with van der Waals surface area (Å²) in [6, 6.07) is 11.2. The van der Waals surface area contributed by atoms with E-state index in [2.05, 4.69) is 16.0 Å². The van der Waals surface area contributed by atoms with Crippen molar-refractivity contribution in [3.8, 4) is 17.6 Å². The van der Waals surface area contributed by atoms with Crippen molar-refractivity contribution in [3.05, 3.63) is 47.7 Å². The number of nitrogens with zero attached hydrogens (tertiary/aromatic N) is 4. The molecule has 2 aromatic rings. The second-order valence-electron chi connectivity index (χ2n) is 7.38. The molecule has 2 fully saturated rings. The molecule has 0 saturated carbocycles. The number of amides is 1. The van der Waals surface area contributed by atoms with Crippen LogP contribution in [0.5, 0.6) is 11.5 Å². The van der Waals surface area contributed by atoms with E-state index in [0.717, 1.165) is 25.9 Å². The van der Waals surface area contributed by atoms with Crippen LogP contribution in [0.4, 0.5) is 5.82 Å². The van der Waals surface area contributed by atoms with E-state index in [-0.39, 0.29) is 11.9 Å². The number of hydrogen-bond donors (Lipinski definition) is 0. The van der Waals surface area contributed by atoms with Gasteiger partial charge in [-0.15, -0.1) is 0 Å². The van der Waals surface area contributed by atoms with Crippen LogP contribution in [0.15, 0.2) is 36.5 Å². The topological polar surface area (TPSA) is 78.7 Å². The fourth-order valence-electron chi connectivity index (χ4n) is 4.53. The number of likely N-dealkylation sites (tertiary alicyclic amines) is 1. The van der Waals surface area contributed by atoms with Gasteiger partial charge in [0.25, 0.3) is 5.91 Å². The molecule has 1 amide bonds. The Hall–Kier alpha value is -3.27. The molecule has 0 radical (unpaired) electrons. The normalized spacial score (nSPS) is 20.7. The van der Waals surface area contributed by atoms with Crippen molar-refractivity contribution in [1.29, 1.82) is 5.26 Å². The Labute approximate surface area is 170 Å². The average Bonchev–Trinajstić information content (AvgIpc) is 3.21. The summed E-state index contributed by atoms with van der Waals surface area (Å²) in [5, 5.41) is 9.43. The smallest absolute Gasteiger partial charge is 0.258 e. The standard InChI is InChI=1S/C22H24N4O3/c1-28-19-7-3-6-17(20(19)29-2)22(27)26-12-9-15-8-11-25(14-18(15)26)21-16(13-23)5-4-10-24-21/h3-7,10,15,18H,8-9,11-12,14H2,1-2H3. The molecule has 2 aliphatic heterocycles. The van der Waals surface area contributed by atoms with E-state index in [1.165, 1.54) is 0 Å². The van der Waals surface area contributed by atoms with Crippen LogP contribution in [0, 0.1) is 17.2 Å². The lowest BCUT2D eigenvalue weighted by atomic mass is 9.91. The van der Waals surface area contributed by atoms with Crippen molar-refractivity contribution in [2.45, 2.75) is 18.9 Å². The number of pyridine rings is 1. The third kappa shape index (κ3) is 3.35. The van der Waals surface area contributed by atoms with Crippen LogP contribution in [0.3, 0.4) is 0 Å². The molecule has 29 heavy (non-hydrogen) atoms. The van der Waals surface area contributed by atoms with E-state index >= 15 is 0 Å². The maximum atomic E-state index is 13.4. The van der Waals surface area contributed by atoms with Crippen molar-refractivity contribution < 1.29 is 14.3 Å². The van der Waals surface area contributed by atoms with Crippen LogP contribution in [-0.4, -0.2) is 55.7 Å². The van der Waals surface area contributed by atoms with Gasteiger partial charge in [-0.2, -0.15) is 5.26 Å². The summed E-state index contributed by atoms with van der Waals surface area (Å²) in [6.07, 6.45) is 3.68. The number of anilines is 1. The number of ether oxygens (including phenoxy) is 2. The minimum absolute atomic E-state index is 0.0448. The molecular weight excluding hydrogens is 368 g/mol. The Morgan fingerprint density at radius 3 is 2.76 bits per heavy atom. The summed E-state index contributed by atoms with van der Waals surface area (Å²) in [4.78, 5) is 21.9. The number of methoxy groups -OCH3 is 2. The number of fused-ring (bicyclic) bond motifs is 1. The summed E-state index contributed by atoms with van der Waals surface area (Å²) >= 11 is 0. The highest BCUT2D eigenvalue weighted by Gasteiger charge is 2.42. The highest BCUT2D eigenvalue weighted by Crippen LogP contribution is 2.37. The van der Waals surface area contributed by atoms with Crippen LogP contribution < -0.4 is 14.4 Å². The summed E-state index contributed by atoms with van der Waals surface area (Å²) < 4.78 is 10.8. The maximum absolute atomic E-state index is 13.4. The second kappa shape index (κ2) is 8.00. The number of nitriles is 1. The first-order chi connectivity index (χ1) is 14.2. The van der Waals surface area contributed by atoms with Crippen LogP contribution in [0.1, 0.15) is 28.8 Å². The fraction of sp³-hybridized carbons (Fsp3) is 0.409. The molecule has 2 atom stereocenters. The lowest BCUT2D eigenvalue weighted by molar-refractivity contribution is 0.0708. The van der Waals surface area contributed by atoms with Gasteiger partial charge in [0.05, 0.1) is 31.4 Å². The SMILES string of the molecule is COc1cccc(C(=O)N2CCC3CCN(c4ncccc4C#N)CC32)c1OC. The minimum Gasteiger partial charge on any atom is -0.493 e. The van der Waals surface area contributed by atoms with E-state index < -0.39 is 0 Å². The third-order valence-corrected chi connectivity index (χ3v) is 5.96. The molecule has 7 nitrogen and oxygen atoms in total. The monoisotopic (exact) mass is 392 g/mol. The quantitative estimate of drug-likeness (QED) is 0.796. The molecule has 1 aromatic heterocycles. The molecule has 1 aromatic carbocycles. The van der Waals surface area contributed by atoms with E-state index in [1.807, 2.05) is 11.0 Å². The van der Waals surface area contributed by atoms with Crippen LogP contribution in [0.2, 0.25) is 0 Å². The first kappa shape index (κ1) is 19.1. The van der Waals surface area contributed by atoms with Gasteiger partial charge in [-0.05, 0) is 43.0 Å². The molecule has 0 bridgehead atoms. The van der Waals surface area contributed by atoms with Gasteiger partial charge in [0.15, 0.2) is 11.5 Å². The zero-order valence-electron chi connectivity index (χ0n) is 16.7. The molecule has 7 heteroatoms. The van der Waals surface area contributed by atoms with E-state index in [1.54, 1.807) is 44.7 Å². The molecule has 3 heterocycles. The largest absolute Gasteiger partial charge is 0.493 e. The Morgan fingerprint density at radius 1 is 1.17 bits per heavy atom. The molecule has 2 unspecified atom stereocenters. The van der Waals surface area contributed by atoms with Crippen LogP contribution in [-0.2, 0) is 0 Å². The predicted molar refractivity (Wildman–Crippen MR) is 108 cm³/mol. The highest BCUT2D eigenvalue weighted by atomic mass is 16.5. The molecule has 2 saturated heterocycles. The molecule has 2 aliphatic rings. The first-order valence-corrected chi connectivity index (χ1v) is 9.80. The number of rotatable bonds is 4. The average molecular weight is 392 g/mol. The van der Waals surface area contributed by atoms with Gasteiger partial charge in [-0.3, -0.25) is 4.79 Å². The number of para-hydroxylation sites is 1. The van der Waals surface area contributed by atoms with E-state index in [0.29, 0.717) is 40.9 Å². The van der Waals surface area contributed by atoms with Gasteiger partial charge in [0.2, 0.25) is 0 Å². The zero-order valence-corrected chi connectivity index (χ0v) is 16.7. The molecule has 0 spiro atoms. The van der Waals surface area contributed by atoms with Crippen LogP contribution in [0.25, 0.3) is 0 Å². The van der Waals surface area contributed by atoms with E-state index in [9.17, 15) is 10.1 Å². The Balaban J connectivity index is 1.61. The number of carbonyl (C=O) groups is 1. The van der Waals surface area contributed by atoms with Gasteiger partial charge in [0, 0.05) is 25.8 Å². The minimum atomic E-state index is -0.0448. The summed E-state index contributed by atoms with van der Waals surface area (Å²) in [6.45, 7) is 2.24. The second-order valence-corrected chi connectivity index (χ2v) is 7.38. The van der Waals surface area contributed by atoms with Gasteiger partial charge < -0.3 is 19.3 Å². The summed E-state index contributed by atoms with van der Waals surface area (Å²) in [5.74, 6) is 2.13. The predicted octanol–water partition coefficient (Wildman–Crippen LogP) is 2.71. The Kier molecular flexibility index (Phi) is 5.26. The highest BCUT2D eigenvalue weighted by molar-refractivity contribution is 5.98. The number of piperidine rings is 1. The molecule has 4 rings (SSSR count). The Bertz CT molecular complexity index is 955. The summed E-state index contributed by atoms with van der Waals surface area (Å²) in [5.41, 5.74) is 1.08. The molecular formula is C22H24N4O3. The van der Waals surface area contributed by atoms with Crippen molar-refractivity contribution >= 4 is 11.7 Å². The Morgan fingerprint density at radius 2 is 2.00 bits per heavy atom. The number of carbonyl (C=O) groups excluding carboxylic acids is 1. The van der Waals surface area contributed by atoms with Crippen molar-refractivity contribution in [3.63, 3.8) is 0 Å². The van der Waals surface area contributed by atoms with Crippen LogP contribution >= 0.6 is 0 Å². The van der Waals surface area contributed by atoms with Crippen molar-refractivity contribution in [2.24, 2.45) is 5.92 Å². The number of hydrogen-bond acceptors (Lipinski definition) is 6. The molecule has 0 aliphatic carbocycles. The third-order valence-electron chi connectivity index (χ3n) is 5.96. The summed E-state index contributed by atoms with van der Waals surface area (Å²) in [7, 11) is 3.12. The fourth-order valence-corrected chi connectivity index (χ4v) is 4.53.